The van der Waals surface area contributed by atoms with Gasteiger partial charge in [-0.1, -0.05) is 19.1 Å². The van der Waals surface area contributed by atoms with Gasteiger partial charge in [-0.05, 0) is 36.5 Å². The van der Waals surface area contributed by atoms with Crippen molar-refractivity contribution in [2.45, 2.75) is 32.6 Å². The number of methoxy groups -OCH3 is 1. The van der Waals surface area contributed by atoms with Crippen LogP contribution in [0.4, 0.5) is 0 Å². The Bertz CT molecular complexity index is 536. The van der Waals surface area contributed by atoms with Gasteiger partial charge in [0.1, 0.15) is 18.3 Å². The van der Waals surface area contributed by atoms with Gasteiger partial charge in [0.05, 0.1) is 13.2 Å². The molecule has 0 saturated carbocycles. The van der Waals surface area contributed by atoms with E-state index in [-0.39, 0.29) is 18.4 Å². The maximum atomic E-state index is 11.8. The van der Waals surface area contributed by atoms with Crippen LogP contribution >= 0.6 is 0 Å². The number of rotatable bonds is 8. The smallest absolute Gasteiger partial charge is 0.316 e. The van der Waals surface area contributed by atoms with Crippen LogP contribution in [0, 0.1) is 5.92 Å². The third-order valence-electron chi connectivity index (χ3n) is 4.04. The maximum absolute atomic E-state index is 11.8. The molecular weight excluding hydrogens is 296 g/mol. The van der Waals surface area contributed by atoms with Gasteiger partial charge in [-0.25, -0.2) is 0 Å². The molecular formula is C18H24O5. The molecule has 1 aliphatic heterocycles. The fraction of sp³-hybridized carbons (Fsp3) is 0.556. The van der Waals surface area contributed by atoms with Crippen molar-refractivity contribution in [1.82, 2.24) is 0 Å². The summed E-state index contributed by atoms with van der Waals surface area (Å²) in [7, 11) is 1.64. The first-order valence-corrected chi connectivity index (χ1v) is 8.08. The van der Waals surface area contributed by atoms with E-state index in [1.807, 2.05) is 12.1 Å². The van der Waals surface area contributed by atoms with Crippen molar-refractivity contribution in [2.24, 2.45) is 5.92 Å². The quantitative estimate of drug-likeness (QED) is 0.418. The molecule has 1 heterocycles. The van der Waals surface area contributed by atoms with Crippen LogP contribution < -0.4 is 4.74 Å². The first kappa shape index (κ1) is 17.5. The van der Waals surface area contributed by atoms with Gasteiger partial charge in [-0.3, -0.25) is 9.59 Å². The lowest BCUT2D eigenvalue weighted by Crippen LogP contribution is -2.33. The molecule has 5 heteroatoms. The van der Waals surface area contributed by atoms with Crippen LogP contribution in [-0.2, 0) is 31.9 Å². The highest BCUT2D eigenvalue weighted by atomic mass is 16.5. The van der Waals surface area contributed by atoms with Crippen molar-refractivity contribution in [3.05, 3.63) is 29.3 Å². The zero-order valence-corrected chi connectivity index (χ0v) is 13.8. The largest absolute Gasteiger partial charge is 0.491 e. The Morgan fingerprint density at radius 3 is 2.78 bits per heavy atom. The minimum Gasteiger partial charge on any atom is -0.491 e. The summed E-state index contributed by atoms with van der Waals surface area (Å²) < 4.78 is 15.7. The average molecular weight is 320 g/mol. The van der Waals surface area contributed by atoms with Crippen LogP contribution in [-0.4, -0.2) is 38.7 Å². The molecule has 5 nitrogen and oxygen atoms in total. The lowest BCUT2D eigenvalue weighted by Gasteiger charge is -2.20. The molecule has 1 fully saturated rings. The van der Waals surface area contributed by atoms with Gasteiger partial charge in [0.2, 0.25) is 0 Å². The molecule has 0 spiro atoms. The third-order valence-corrected chi connectivity index (χ3v) is 4.04. The van der Waals surface area contributed by atoms with Crippen molar-refractivity contribution in [3.8, 4) is 5.75 Å². The summed E-state index contributed by atoms with van der Waals surface area (Å²) in [6, 6.07) is 6.02. The first-order valence-electron chi connectivity index (χ1n) is 8.08. The van der Waals surface area contributed by atoms with Crippen LogP contribution in [0.1, 0.15) is 30.9 Å². The topological polar surface area (TPSA) is 61.8 Å². The second-order valence-corrected chi connectivity index (χ2v) is 5.61. The summed E-state index contributed by atoms with van der Waals surface area (Å²) in [4.78, 5) is 23.5. The fourth-order valence-corrected chi connectivity index (χ4v) is 2.69. The summed E-state index contributed by atoms with van der Waals surface area (Å²) in [5, 5.41) is 0. The number of ether oxygens (including phenoxy) is 3. The number of esters is 1. The Labute approximate surface area is 136 Å². The van der Waals surface area contributed by atoms with Gasteiger partial charge >= 0.3 is 5.97 Å². The van der Waals surface area contributed by atoms with Crippen molar-refractivity contribution in [2.75, 3.05) is 26.9 Å². The number of ketones is 1. The van der Waals surface area contributed by atoms with E-state index in [0.29, 0.717) is 32.5 Å². The van der Waals surface area contributed by atoms with Gasteiger partial charge in [-0.2, -0.15) is 0 Å². The Kier molecular flexibility index (Phi) is 6.59. The Morgan fingerprint density at radius 1 is 1.26 bits per heavy atom. The van der Waals surface area contributed by atoms with Gasteiger partial charge in [0, 0.05) is 13.5 Å². The molecule has 0 bridgehead atoms. The van der Waals surface area contributed by atoms with E-state index in [9.17, 15) is 9.59 Å². The summed E-state index contributed by atoms with van der Waals surface area (Å²) in [6.07, 6.45) is 2.38. The normalized spacial score (nSPS) is 17.9. The first-order chi connectivity index (χ1) is 11.2. The monoisotopic (exact) mass is 320 g/mol. The van der Waals surface area contributed by atoms with Crippen molar-refractivity contribution < 1.29 is 23.8 Å². The fourth-order valence-electron chi connectivity index (χ4n) is 2.69. The Balaban J connectivity index is 1.97. The van der Waals surface area contributed by atoms with Crippen LogP contribution in [0.5, 0.6) is 5.75 Å². The zero-order valence-electron chi connectivity index (χ0n) is 13.8. The SMILES string of the molecule is CCc1cc(CCC2C(=O)CCOC2=O)ccc1OCCOC. The zero-order chi connectivity index (χ0) is 16.7. The number of cyclic esters (lactones) is 1. The van der Waals surface area contributed by atoms with Crippen LogP contribution in [0.3, 0.4) is 0 Å². The Hall–Kier alpha value is -1.88. The van der Waals surface area contributed by atoms with Gasteiger partial charge in [0.25, 0.3) is 0 Å². The lowest BCUT2D eigenvalue weighted by molar-refractivity contribution is -0.158. The molecule has 0 N–H and O–H groups in total. The molecule has 0 amide bonds. The van der Waals surface area contributed by atoms with E-state index in [0.717, 1.165) is 23.3 Å². The molecule has 1 aromatic rings. The minimum atomic E-state index is -0.605. The molecule has 0 radical (unpaired) electrons. The van der Waals surface area contributed by atoms with E-state index in [1.165, 1.54) is 0 Å². The van der Waals surface area contributed by atoms with Gasteiger partial charge in [0.15, 0.2) is 5.78 Å². The van der Waals surface area contributed by atoms with E-state index in [1.54, 1.807) is 7.11 Å². The number of benzene rings is 1. The predicted octanol–water partition coefficient (Wildman–Crippen LogP) is 2.34. The van der Waals surface area contributed by atoms with Crippen molar-refractivity contribution in [1.29, 1.82) is 0 Å². The number of Topliss-reactive ketones (excluding diaryl/α,β-unsaturated/α-hetero) is 1. The van der Waals surface area contributed by atoms with Crippen LogP contribution in [0.2, 0.25) is 0 Å². The standard InChI is InChI=1S/C18H24O5/c1-3-14-12-13(5-7-17(14)22-11-10-21-2)4-6-15-16(19)8-9-23-18(15)20/h5,7,12,15H,3-4,6,8-11H2,1-2H3. The molecule has 1 saturated heterocycles. The number of carbonyl (C=O) groups is 2. The van der Waals surface area contributed by atoms with E-state index in [4.69, 9.17) is 14.2 Å². The second kappa shape index (κ2) is 8.67. The predicted molar refractivity (Wildman–Crippen MR) is 85.6 cm³/mol. The van der Waals surface area contributed by atoms with E-state index in [2.05, 4.69) is 13.0 Å². The van der Waals surface area contributed by atoms with Crippen LogP contribution in [0.25, 0.3) is 0 Å². The second-order valence-electron chi connectivity index (χ2n) is 5.61. The van der Waals surface area contributed by atoms with Gasteiger partial charge in [-0.15, -0.1) is 0 Å². The van der Waals surface area contributed by atoms with Crippen molar-refractivity contribution in [3.63, 3.8) is 0 Å². The summed E-state index contributed by atoms with van der Waals surface area (Å²) in [5.74, 6) is -0.124. The highest BCUT2D eigenvalue weighted by Crippen LogP contribution is 2.24. The summed E-state index contributed by atoms with van der Waals surface area (Å²) in [6.45, 7) is 3.37. The molecule has 23 heavy (non-hydrogen) atoms. The average Bonchev–Trinajstić information content (AvgIpc) is 2.55. The highest BCUT2D eigenvalue weighted by molar-refractivity contribution is 6.00. The van der Waals surface area contributed by atoms with Crippen molar-refractivity contribution >= 4 is 11.8 Å². The molecule has 0 aliphatic carbocycles. The number of aryl methyl sites for hydroxylation is 2. The van der Waals surface area contributed by atoms with Crippen LogP contribution in [0.15, 0.2) is 18.2 Å². The molecule has 126 valence electrons. The lowest BCUT2D eigenvalue weighted by atomic mass is 9.92. The molecule has 2 rings (SSSR count). The maximum Gasteiger partial charge on any atom is 0.316 e. The minimum absolute atomic E-state index is 0.00326. The summed E-state index contributed by atoms with van der Waals surface area (Å²) in [5.41, 5.74) is 2.23. The van der Waals surface area contributed by atoms with E-state index < -0.39 is 5.92 Å². The number of hydrogen-bond donors (Lipinski definition) is 0. The van der Waals surface area contributed by atoms with E-state index >= 15 is 0 Å². The van der Waals surface area contributed by atoms with Gasteiger partial charge < -0.3 is 14.2 Å². The molecule has 1 aromatic carbocycles. The molecule has 1 aliphatic rings. The number of hydrogen-bond acceptors (Lipinski definition) is 5. The Morgan fingerprint density at radius 2 is 2.09 bits per heavy atom. The molecule has 0 aromatic heterocycles. The highest BCUT2D eigenvalue weighted by Gasteiger charge is 2.31. The number of carbonyl (C=O) groups excluding carboxylic acids is 2. The third kappa shape index (κ3) is 4.79. The molecule has 1 unspecified atom stereocenters. The molecule has 1 atom stereocenters. The summed E-state index contributed by atoms with van der Waals surface area (Å²) >= 11 is 0.